The number of hydrogen-bond donors (Lipinski definition) is 2. The minimum atomic E-state index is -1.18. The number of carboxylic acid groups (broad SMARTS) is 1. The number of amides is 1. The zero-order chi connectivity index (χ0) is 16.6. The lowest BCUT2D eigenvalue weighted by Gasteiger charge is -2.04. The standard InChI is InChI=1S/C16H13F2NO4/c17-12-3-1-8(5-13(12)18)10-6-11(10)15(20)19-7-9-2-4-14(23-9)16(21)22/h1-5,10-11H,6-7H2,(H,19,20)(H,21,22). The van der Waals surface area contributed by atoms with Crippen molar-refractivity contribution < 1.29 is 27.9 Å². The highest BCUT2D eigenvalue weighted by Gasteiger charge is 2.44. The molecule has 3 rings (SSSR count). The maximum absolute atomic E-state index is 13.2. The van der Waals surface area contributed by atoms with Gasteiger partial charge in [-0.3, -0.25) is 4.79 Å². The highest BCUT2D eigenvalue weighted by molar-refractivity contribution is 5.84. The lowest BCUT2D eigenvalue weighted by molar-refractivity contribution is -0.122. The van der Waals surface area contributed by atoms with Gasteiger partial charge in [-0.1, -0.05) is 6.07 Å². The van der Waals surface area contributed by atoms with Crippen molar-refractivity contribution in [2.75, 3.05) is 0 Å². The topological polar surface area (TPSA) is 79.5 Å². The molecule has 0 spiro atoms. The van der Waals surface area contributed by atoms with Gasteiger partial charge in [0, 0.05) is 5.92 Å². The van der Waals surface area contributed by atoms with E-state index in [0.717, 1.165) is 12.1 Å². The smallest absolute Gasteiger partial charge is 0.371 e. The Morgan fingerprint density at radius 2 is 2.00 bits per heavy atom. The van der Waals surface area contributed by atoms with Gasteiger partial charge in [0.2, 0.25) is 11.7 Å². The predicted molar refractivity (Wildman–Crippen MR) is 74.7 cm³/mol. The van der Waals surface area contributed by atoms with Gasteiger partial charge in [0.05, 0.1) is 6.54 Å². The van der Waals surface area contributed by atoms with Crippen LogP contribution in [0, 0.1) is 17.6 Å². The number of benzene rings is 1. The van der Waals surface area contributed by atoms with Crippen molar-refractivity contribution in [3.8, 4) is 0 Å². The number of carbonyl (C=O) groups is 2. The van der Waals surface area contributed by atoms with Crippen molar-refractivity contribution in [2.45, 2.75) is 18.9 Å². The molecule has 1 aliphatic carbocycles. The Balaban J connectivity index is 1.55. The monoisotopic (exact) mass is 321 g/mol. The lowest BCUT2D eigenvalue weighted by atomic mass is 10.1. The van der Waals surface area contributed by atoms with Crippen LogP contribution in [0.25, 0.3) is 0 Å². The van der Waals surface area contributed by atoms with E-state index in [4.69, 9.17) is 9.52 Å². The summed E-state index contributed by atoms with van der Waals surface area (Å²) in [4.78, 5) is 22.7. The first kappa shape index (κ1) is 15.2. The number of rotatable bonds is 5. The van der Waals surface area contributed by atoms with Crippen LogP contribution in [0.2, 0.25) is 0 Å². The molecule has 2 unspecified atom stereocenters. The minimum Gasteiger partial charge on any atom is -0.475 e. The Kier molecular flexibility index (Phi) is 3.85. The van der Waals surface area contributed by atoms with E-state index in [1.807, 2.05) is 0 Å². The summed E-state index contributed by atoms with van der Waals surface area (Å²) in [7, 11) is 0. The molecule has 7 heteroatoms. The summed E-state index contributed by atoms with van der Waals surface area (Å²) in [6, 6.07) is 6.42. The van der Waals surface area contributed by atoms with Crippen molar-refractivity contribution in [3.63, 3.8) is 0 Å². The summed E-state index contributed by atoms with van der Waals surface area (Å²) < 4.78 is 31.1. The molecule has 2 N–H and O–H groups in total. The average molecular weight is 321 g/mol. The van der Waals surface area contributed by atoms with Crippen LogP contribution in [0.4, 0.5) is 8.78 Å². The third kappa shape index (κ3) is 3.23. The fraction of sp³-hybridized carbons (Fsp3) is 0.250. The van der Waals surface area contributed by atoms with Gasteiger partial charge in [-0.15, -0.1) is 0 Å². The molecule has 1 saturated carbocycles. The number of carbonyl (C=O) groups excluding carboxylic acids is 1. The summed E-state index contributed by atoms with van der Waals surface area (Å²) >= 11 is 0. The molecule has 23 heavy (non-hydrogen) atoms. The van der Waals surface area contributed by atoms with E-state index < -0.39 is 17.6 Å². The van der Waals surface area contributed by atoms with E-state index in [2.05, 4.69) is 5.32 Å². The van der Waals surface area contributed by atoms with Crippen molar-refractivity contribution in [1.29, 1.82) is 0 Å². The van der Waals surface area contributed by atoms with Gasteiger partial charge in [0.1, 0.15) is 5.76 Å². The normalized spacial score (nSPS) is 19.4. The SMILES string of the molecule is O=C(O)c1ccc(CNC(=O)C2CC2c2ccc(F)c(F)c2)o1. The maximum Gasteiger partial charge on any atom is 0.371 e. The van der Waals surface area contributed by atoms with Gasteiger partial charge in [-0.25, -0.2) is 13.6 Å². The second-order valence-electron chi connectivity index (χ2n) is 5.41. The number of furan rings is 1. The summed E-state index contributed by atoms with van der Waals surface area (Å²) in [6.07, 6.45) is 0.565. The highest BCUT2D eigenvalue weighted by atomic mass is 19.2. The summed E-state index contributed by atoms with van der Waals surface area (Å²) in [5.41, 5.74) is 0.593. The zero-order valence-electron chi connectivity index (χ0n) is 11.9. The van der Waals surface area contributed by atoms with Gasteiger partial charge in [0.25, 0.3) is 0 Å². The maximum atomic E-state index is 13.2. The van der Waals surface area contributed by atoms with E-state index in [1.165, 1.54) is 18.2 Å². The third-order valence-electron chi connectivity index (χ3n) is 3.81. The van der Waals surface area contributed by atoms with Gasteiger partial charge in [0.15, 0.2) is 11.6 Å². The lowest BCUT2D eigenvalue weighted by Crippen LogP contribution is -2.24. The molecule has 1 aromatic carbocycles. The Morgan fingerprint density at radius 3 is 2.65 bits per heavy atom. The second-order valence-corrected chi connectivity index (χ2v) is 5.41. The Hall–Kier alpha value is -2.70. The zero-order valence-corrected chi connectivity index (χ0v) is 11.9. The van der Waals surface area contributed by atoms with Crippen molar-refractivity contribution >= 4 is 11.9 Å². The fourth-order valence-corrected chi connectivity index (χ4v) is 2.49. The van der Waals surface area contributed by atoms with Crippen LogP contribution in [-0.2, 0) is 11.3 Å². The highest BCUT2D eigenvalue weighted by Crippen LogP contribution is 2.47. The Morgan fingerprint density at radius 1 is 1.22 bits per heavy atom. The minimum absolute atomic E-state index is 0.0765. The fourth-order valence-electron chi connectivity index (χ4n) is 2.49. The molecule has 0 radical (unpaired) electrons. The Bertz CT molecular complexity index is 771. The molecular weight excluding hydrogens is 308 g/mol. The molecule has 1 heterocycles. The van der Waals surface area contributed by atoms with Crippen molar-refractivity contribution in [1.82, 2.24) is 5.32 Å². The van der Waals surface area contributed by atoms with Crippen LogP contribution in [0.5, 0.6) is 0 Å². The molecule has 0 aliphatic heterocycles. The van der Waals surface area contributed by atoms with Gasteiger partial charge in [-0.2, -0.15) is 0 Å². The first-order valence-corrected chi connectivity index (χ1v) is 7.00. The first-order valence-electron chi connectivity index (χ1n) is 7.00. The number of nitrogens with one attached hydrogen (secondary N) is 1. The van der Waals surface area contributed by atoms with E-state index >= 15 is 0 Å². The second kappa shape index (κ2) is 5.83. The van der Waals surface area contributed by atoms with Crippen LogP contribution in [0.15, 0.2) is 34.7 Å². The van der Waals surface area contributed by atoms with Crippen LogP contribution in [-0.4, -0.2) is 17.0 Å². The number of hydrogen-bond acceptors (Lipinski definition) is 3. The van der Waals surface area contributed by atoms with Gasteiger partial charge < -0.3 is 14.8 Å². The molecule has 120 valence electrons. The van der Waals surface area contributed by atoms with E-state index in [-0.39, 0.29) is 30.0 Å². The van der Waals surface area contributed by atoms with Gasteiger partial charge >= 0.3 is 5.97 Å². The third-order valence-corrected chi connectivity index (χ3v) is 3.81. The van der Waals surface area contributed by atoms with Crippen LogP contribution >= 0.6 is 0 Å². The number of carboxylic acids is 1. The van der Waals surface area contributed by atoms with E-state index in [1.54, 1.807) is 0 Å². The summed E-state index contributed by atoms with van der Waals surface area (Å²) in [5.74, 6) is -3.53. The predicted octanol–water partition coefficient (Wildman–Crippen LogP) is 2.68. The largest absolute Gasteiger partial charge is 0.475 e. The Labute approximate surface area is 129 Å². The molecule has 2 atom stereocenters. The number of aromatic carboxylic acids is 1. The van der Waals surface area contributed by atoms with Crippen LogP contribution in [0.1, 0.15) is 34.2 Å². The van der Waals surface area contributed by atoms with E-state index in [0.29, 0.717) is 17.7 Å². The first-order chi connectivity index (χ1) is 11.0. The number of halogens is 2. The molecule has 2 aromatic rings. The summed E-state index contributed by atoms with van der Waals surface area (Å²) in [5, 5.41) is 11.4. The molecule has 1 aromatic heterocycles. The molecule has 0 saturated heterocycles. The molecule has 1 amide bonds. The summed E-state index contributed by atoms with van der Waals surface area (Å²) in [6.45, 7) is 0.0765. The quantitative estimate of drug-likeness (QED) is 0.887. The van der Waals surface area contributed by atoms with Crippen LogP contribution < -0.4 is 5.32 Å². The molecule has 1 fully saturated rings. The molecular formula is C16H13F2NO4. The molecule has 5 nitrogen and oxygen atoms in total. The van der Waals surface area contributed by atoms with Crippen molar-refractivity contribution in [2.24, 2.45) is 5.92 Å². The van der Waals surface area contributed by atoms with Gasteiger partial charge in [-0.05, 0) is 42.2 Å². The van der Waals surface area contributed by atoms with Crippen molar-refractivity contribution in [3.05, 3.63) is 59.1 Å². The molecule has 1 aliphatic rings. The average Bonchev–Trinajstić information content (AvgIpc) is 3.17. The van der Waals surface area contributed by atoms with Crippen LogP contribution in [0.3, 0.4) is 0 Å². The van der Waals surface area contributed by atoms with E-state index in [9.17, 15) is 18.4 Å². The molecule has 0 bridgehead atoms.